The third-order valence-corrected chi connectivity index (χ3v) is 3.23. The molecule has 0 radical (unpaired) electrons. The quantitative estimate of drug-likeness (QED) is 0.581. The third kappa shape index (κ3) is 4.65. The molecule has 0 aliphatic heterocycles. The minimum atomic E-state index is -1.56. The van der Waals surface area contributed by atoms with Crippen LogP contribution in [0.3, 0.4) is 0 Å². The fraction of sp³-hybridized carbons (Fsp3) is 0.176. The van der Waals surface area contributed by atoms with Gasteiger partial charge >= 0.3 is 0 Å². The van der Waals surface area contributed by atoms with Crippen LogP contribution in [0.5, 0.6) is 5.75 Å². The first-order chi connectivity index (χ1) is 9.03. The highest BCUT2D eigenvalue weighted by atomic mass is 28.4. The zero-order valence-electron chi connectivity index (χ0n) is 11.6. The summed E-state index contributed by atoms with van der Waals surface area (Å²) in [6, 6.07) is 18.0. The second-order valence-corrected chi connectivity index (χ2v) is 9.79. The maximum atomic E-state index is 5.97. The molecule has 19 heavy (non-hydrogen) atoms. The molecule has 0 heterocycles. The van der Waals surface area contributed by atoms with Gasteiger partial charge in [-0.2, -0.15) is 0 Å². The van der Waals surface area contributed by atoms with E-state index in [0.29, 0.717) is 0 Å². The van der Waals surface area contributed by atoms with Crippen LogP contribution in [-0.4, -0.2) is 8.32 Å². The van der Waals surface area contributed by atoms with Gasteiger partial charge in [0.25, 0.3) is 0 Å². The molecular weight excluding hydrogens is 248 g/mol. The Balaban J connectivity index is 2.18. The largest absolute Gasteiger partial charge is 0.544 e. The molecule has 0 atom stereocenters. The average Bonchev–Trinajstić information content (AvgIpc) is 2.36. The summed E-state index contributed by atoms with van der Waals surface area (Å²) in [5, 5.41) is 0. The zero-order chi connectivity index (χ0) is 13.7. The Morgan fingerprint density at radius 1 is 0.789 bits per heavy atom. The second kappa shape index (κ2) is 5.77. The molecule has 0 N–H and O–H groups in total. The molecule has 1 nitrogen and oxygen atoms in total. The first-order valence-electron chi connectivity index (χ1n) is 6.39. The molecule has 0 saturated heterocycles. The maximum Gasteiger partial charge on any atom is 0.242 e. The molecule has 0 amide bonds. The van der Waals surface area contributed by atoms with Crippen LogP contribution in [0.1, 0.15) is 11.1 Å². The van der Waals surface area contributed by atoms with Crippen molar-refractivity contribution in [3.8, 4) is 17.6 Å². The zero-order valence-corrected chi connectivity index (χ0v) is 12.6. The van der Waals surface area contributed by atoms with Crippen LogP contribution in [-0.2, 0) is 0 Å². The van der Waals surface area contributed by atoms with Crippen LogP contribution in [0, 0.1) is 11.8 Å². The monoisotopic (exact) mass is 266 g/mol. The van der Waals surface area contributed by atoms with Gasteiger partial charge in [0.05, 0.1) is 0 Å². The van der Waals surface area contributed by atoms with Crippen molar-refractivity contribution in [1.29, 1.82) is 0 Å². The predicted octanol–water partition coefficient (Wildman–Crippen LogP) is 4.30. The topological polar surface area (TPSA) is 9.23 Å². The SMILES string of the molecule is C[Si](C)(C)Oc1cccc(C#Cc2ccccc2)c1. The van der Waals surface area contributed by atoms with E-state index in [9.17, 15) is 0 Å². The van der Waals surface area contributed by atoms with E-state index in [-0.39, 0.29) is 0 Å². The van der Waals surface area contributed by atoms with Gasteiger partial charge in [0, 0.05) is 11.1 Å². The highest BCUT2D eigenvalue weighted by Gasteiger charge is 2.15. The minimum Gasteiger partial charge on any atom is -0.544 e. The van der Waals surface area contributed by atoms with E-state index in [1.807, 2.05) is 54.6 Å². The van der Waals surface area contributed by atoms with Gasteiger partial charge in [0.2, 0.25) is 8.32 Å². The van der Waals surface area contributed by atoms with Gasteiger partial charge in [-0.15, -0.1) is 0 Å². The molecule has 2 heteroatoms. The van der Waals surface area contributed by atoms with Crippen molar-refractivity contribution in [1.82, 2.24) is 0 Å². The van der Waals surface area contributed by atoms with Gasteiger partial charge < -0.3 is 4.43 Å². The molecule has 0 aliphatic rings. The van der Waals surface area contributed by atoms with Crippen molar-refractivity contribution in [2.24, 2.45) is 0 Å². The first kappa shape index (κ1) is 13.4. The number of hydrogen-bond donors (Lipinski definition) is 0. The Bertz CT molecular complexity index is 600. The van der Waals surface area contributed by atoms with E-state index >= 15 is 0 Å². The molecule has 0 fully saturated rings. The van der Waals surface area contributed by atoms with E-state index < -0.39 is 8.32 Å². The molecule has 2 aromatic rings. The average molecular weight is 266 g/mol. The van der Waals surface area contributed by atoms with E-state index in [1.54, 1.807) is 0 Å². The molecule has 2 rings (SSSR count). The lowest BCUT2D eigenvalue weighted by molar-refractivity contribution is 0.557. The second-order valence-electron chi connectivity index (χ2n) is 5.36. The summed E-state index contributed by atoms with van der Waals surface area (Å²) in [7, 11) is -1.56. The van der Waals surface area contributed by atoms with Crippen LogP contribution in [0.2, 0.25) is 19.6 Å². The lowest BCUT2D eigenvalue weighted by Crippen LogP contribution is -2.29. The Kier molecular flexibility index (Phi) is 4.09. The van der Waals surface area contributed by atoms with Crippen molar-refractivity contribution in [2.75, 3.05) is 0 Å². The minimum absolute atomic E-state index is 0.916. The van der Waals surface area contributed by atoms with Crippen molar-refractivity contribution in [3.05, 3.63) is 65.7 Å². The standard InChI is InChI=1S/C17H18OSi/c1-19(2,3)18-17-11-7-10-16(14-17)13-12-15-8-5-4-6-9-15/h4-11,14H,1-3H3. The summed E-state index contributed by atoms with van der Waals surface area (Å²) in [5.74, 6) is 7.25. The molecule has 0 saturated carbocycles. The molecular formula is C17H18OSi. The lowest BCUT2D eigenvalue weighted by Gasteiger charge is -2.19. The molecule has 0 unspecified atom stereocenters. The van der Waals surface area contributed by atoms with Gasteiger partial charge in [0.15, 0.2) is 0 Å². The van der Waals surface area contributed by atoms with E-state index in [0.717, 1.165) is 16.9 Å². The molecule has 0 aliphatic carbocycles. The summed E-state index contributed by atoms with van der Waals surface area (Å²) in [6.07, 6.45) is 0. The van der Waals surface area contributed by atoms with Gasteiger partial charge in [-0.1, -0.05) is 36.1 Å². The lowest BCUT2D eigenvalue weighted by atomic mass is 10.2. The van der Waals surface area contributed by atoms with Crippen LogP contribution in [0.25, 0.3) is 0 Å². The Hall–Kier alpha value is -1.98. The Labute approximate surface area is 116 Å². The molecule has 0 bridgehead atoms. The van der Waals surface area contributed by atoms with E-state index in [2.05, 4.69) is 31.5 Å². The fourth-order valence-electron chi connectivity index (χ4n) is 1.66. The highest BCUT2D eigenvalue weighted by Crippen LogP contribution is 2.17. The van der Waals surface area contributed by atoms with E-state index in [4.69, 9.17) is 4.43 Å². The van der Waals surface area contributed by atoms with Crippen LogP contribution in [0.4, 0.5) is 0 Å². The smallest absolute Gasteiger partial charge is 0.242 e. The summed E-state index contributed by atoms with van der Waals surface area (Å²) in [5.41, 5.74) is 2.01. The number of benzene rings is 2. The highest BCUT2D eigenvalue weighted by molar-refractivity contribution is 6.70. The van der Waals surface area contributed by atoms with Gasteiger partial charge in [-0.05, 0) is 50.0 Å². The first-order valence-corrected chi connectivity index (χ1v) is 9.80. The van der Waals surface area contributed by atoms with Crippen LogP contribution in [0.15, 0.2) is 54.6 Å². The normalized spacial score (nSPS) is 10.5. The Morgan fingerprint density at radius 3 is 2.11 bits per heavy atom. The van der Waals surface area contributed by atoms with Crippen molar-refractivity contribution >= 4 is 8.32 Å². The van der Waals surface area contributed by atoms with Gasteiger partial charge in [-0.25, -0.2) is 0 Å². The van der Waals surface area contributed by atoms with Crippen molar-refractivity contribution in [3.63, 3.8) is 0 Å². The van der Waals surface area contributed by atoms with Gasteiger partial charge in [-0.3, -0.25) is 0 Å². The summed E-state index contributed by atoms with van der Waals surface area (Å²) < 4.78 is 5.97. The van der Waals surface area contributed by atoms with Crippen LogP contribution < -0.4 is 4.43 Å². The molecule has 0 spiro atoms. The van der Waals surface area contributed by atoms with Crippen molar-refractivity contribution in [2.45, 2.75) is 19.6 Å². The summed E-state index contributed by atoms with van der Waals surface area (Å²) >= 11 is 0. The Morgan fingerprint density at radius 2 is 1.42 bits per heavy atom. The number of rotatable bonds is 2. The van der Waals surface area contributed by atoms with E-state index in [1.165, 1.54) is 0 Å². The summed E-state index contributed by atoms with van der Waals surface area (Å²) in [4.78, 5) is 0. The fourth-order valence-corrected chi connectivity index (χ4v) is 2.49. The van der Waals surface area contributed by atoms with Crippen molar-refractivity contribution < 1.29 is 4.43 Å². The number of hydrogen-bond acceptors (Lipinski definition) is 1. The predicted molar refractivity (Wildman–Crippen MR) is 82.8 cm³/mol. The molecule has 96 valence electrons. The maximum absolute atomic E-state index is 5.97. The third-order valence-electron chi connectivity index (χ3n) is 2.38. The van der Waals surface area contributed by atoms with Crippen LogP contribution >= 0.6 is 0 Å². The molecule has 0 aromatic heterocycles. The molecule has 2 aromatic carbocycles. The van der Waals surface area contributed by atoms with Gasteiger partial charge in [0.1, 0.15) is 5.75 Å². The summed E-state index contributed by atoms with van der Waals surface area (Å²) in [6.45, 7) is 6.53.